The fourth-order valence-electron chi connectivity index (χ4n) is 3.45. The summed E-state index contributed by atoms with van der Waals surface area (Å²) < 4.78 is 5.67. The van der Waals surface area contributed by atoms with Gasteiger partial charge in [-0.25, -0.2) is 4.98 Å². The number of anilines is 1. The molecular weight excluding hydrogens is 368 g/mol. The number of nitrogens with zero attached hydrogens (tertiary/aromatic N) is 4. The van der Waals surface area contributed by atoms with E-state index < -0.39 is 0 Å². The average molecular weight is 388 g/mol. The lowest BCUT2D eigenvalue weighted by molar-refractivity contribution is 0.432. The van der Waals surface area contributed by atoms with Crippen molar-refractivity contribution in [1.29, 1.82) is 0 Å². The van der Waals surface area contributed by atoms with Crippen LogP contribution < -0.4 is 4.90 Å². The van der Waals surface area contributed by atoms with Gasteiger partial charge >= 0.3 is 0 Å². The largest absolute Gasteiger partial charge is 0.355 e. The van der Waals surface area contributed by atoms with Gasteiger partial charge in [-0.1, -0.05) is 53.2 Å². The molecule has 3 heterocycles. The fraction of sp³-hybridized carbons (Fsp3) is 0.227. The zero-order valence-electron chi connectivity index (χ0n) is 15.6. The first-order valence-electron chi connectivity index (χ1n) is 9.41. The van der Waals surface area contributed by atoms with Crippen LogP contribution in [0.3, 0.4) is 0 Å². The van der Waals surface area contributed by atoms with E-state index in [0.29, 0.717) is 11.7 Å². The first-order chi connectivity index (χ1) is 13.8. The fourth-order valence-corrected chi connectivity index (χ4v) is 4.35. The summed E-state index contributed by atoms with van der Waals surface area (Å²) in [4.78, 5) is 11.9. The monoisotopic (exact) mass is 388 g/mol. The predicted molar refractivity (Wildman–Crippen MR) is 115 cm³/mol. The standard InChI is InChI=1S/C22H20N4OS/c1-15-6-8-16(9-7-15)21-24-22(27-25-21)18-14-20(26-10-12-28-13-11-26)23-19-5-3-2-4-17(18)19/h2-9,14H,10-13H2,1H3. The summed E-state index contributed by atoms with van der Waals surface area (Å²) in [5.74, 6) is 4.36. The highest BCUT2D eigenvalue weighted by Gasteiger charge is 2.19. The molecule has 5 nitrogen and oxygen atoms in total. The Bertz CT molecular complexity index is 1120. The molecule has 1 aliphatic rings. The molecule has 0 atom stereocenters. The van der Waals surface area contributed by atoms with Crippen molar-refractivity contribution in [2.45, 2.75) is 6.92 Å². The van der Waals surface area contributed by atoms with Crippen molar-refractivity contribution in [1.82, 2.24) is 15.1 Å². The number of aryl methyl sites for hydroxylation is 1. The molecule has 1 saturated heterocycles. The van der Waals surface area contributed by atoms with Crippen molar-refractivity contribution in [3.05, 3.63) is 60.2 Å². The van der Waals surface area contributed by atoms with E-state index in [0.717, 1.165) is 52.4 Å². The molecule has 0 saturated carbocycles. The van der Waals surface area contributed by atoms with E-state index in [4.69, 9.17) is 9.51 Å². The van der Waals surface area contributed by atoms with Crippen LogP contribution in [0.2, 0.25) is 0 Å². The summed E-state index contributed by atoms with van der Waals surface area (Å²) in [6.07, 6.45) is 0. The van der Waals surface area contributed by atoms with Crippen LogP contribution in [0.5, 0.6) is 0 Å². The van der Waals surface area contributed by atoms with Crippen LogP contribution in [-0.4, -0.2) is 39.7 Å². The molecular formula is C22H20N4OS. The molecule has 0 amide bonds. The second-order valence-electron chi connectivity index (χ2n) is 6.93. The molecule has 1 fully saturated rings. The number of thioether (sulfide) groups is 1. The van der Waals surface area contributed by atoms with Gasteiger partial charge in [0.05, 0.1) is 11.1 Å². The maximum atomic E-state index is 5.67. The minimum absolute atomic E-state index is 0.529. The highest BCUT2D eigenvalue weighted by molar-refractivity contribution is 7.99. The predicted octanol–water partition coefficient (Wildman–Crippen LogP) is 4.81. The summed E-state index contributed by atoms with van der Waals surface area (Å²) in [7, 11) is 0. The van der Waals surface area contributed by atoms with E-state index in [1.165, 1.54) is 5.56 Å². The highest BCUT2D eigenvalue weighted by atomic mass is 32.2. The van der Waals surface area contributed by atoms with Gasteiger partial charge < -0.3 is 9.42 Å². The van der Waals surface area contributed by atoms with E-state index in [9.17, 15) is 0 Å². The molecule has 0 spiro atoms. The molecule has 6 heteroatoms. The normalized spacial score (nSPS) is 14.5. The van der Waals surface area contributed by atoms with E-state index >= 15 is 0 Å². The van der Waals surface area contributed by atoms with Crippen molar-refractivity contribution < 1.29 is 4.52 Å². The lowest BCUT2D eigenvalue weighted by Gasteiger charge is -2.28. The van der Waals surface area contributed by atoms with Gasteiger partial charge in [0, 0.05) is 35.5 Å². The third-order valence-electron chi connectivity index (χ3n) is 5.00. The zero-order valence-corrected chi connectivity index (χ0v) is 16.4. The van der Waals surface area contributed by atoms with Gasteiger partial charge in [0.1, 0.15) is 5.82 Å². The third kappa shape index (κ3) is 3.24. The summed E-state index contributed by atoms with van der Waals surface area (Å²) in [6.45, 7) is 4.08. The number of pyridine rings is 1. The minimum Gasteiger partial charge on any atom is -0.355 e. The minimum atomic E-state index is 0.529. The zero-order chi connectivity index (χ0) is 18.9. The molecule has 140 valence electrons. The molecule has 0 radical (unpaired) electrons. The van der Waals surface area contributed by atoms with Crippen molar-refractivity contribution >= 4 is 28.5 Å². The molecule has 1 aliphatic heterocycles. The van der Waals surface area contributed by atoms with Crippen molar-refractivity contribution in [2.75, 3.05) is 29.5 Å². The molecule has 0 aliphatic carbocycles. The van der Waals surface area contributed by atoms with Crippen LogP contribution >= 0.6 is 11.8 Å². The topological polar surface area (TPSA) is 55.1 Å². The van der Waals surface area contributed by atoms with Crippen LogP contribution in [0, 0.1) is 6.92 Å². The van der Waals surface area contributed by atoms with Crippen LogP contribution in [0.1, 0.15) is 5.56 Å². The lowest BCUT2D eigenvalue weighted by atomic mass is 10.1. The van der Waals surface area contributed by atoms with E-state index in [1.54, 1.807) is 0 Å². The van der Waals surface area contributed by atoms with Crippen LogP contribution in [-0.2, 0) is 0 Å². The average Bonchev–Trinajstić information content (AvgIpc) is 3.24. The molecule has 4 aromatic rings. The van der Waals surface area contributed by atoms with Gasteiger partial charge in [-0.15, -0.1) is 0 Å². The number of rotatable bonds is 3. The van der Waals surface area contributed by atoms with E-state index in [-0.39, 0.29) is 0 Å². The number of benzene rings is 2. The number of fused-ring (bicyclic) bond motifs is 1. The highest BCUT2D eigenvalue weighted by Crippen LogP contribution is 2.32. The van der Waals surface area contributed by atoms with Crippen LogP contribution in [0.25, 0.3) is 33.7 Å². The Morgan fingerprint density at radius 1 is 0.964 bits per heavy atom. The van der Waals surface area contributed by atoms with Gasteiger partial charge in [-0.3, -0.25) is 0 Å². The number of hydrogen-bond acceptors (Lipinski definition) is 6. The van der Waals surface area contributed by atoms with E-state index in [2.05, 4.69) is 46.2 Å². The number of hydrogen-bond donors (Lipinski definition) is 0. The van der Waals surface area contributed by atoms with Crippen molar-refractivity contribution in [3.63, 3.8) is 0 Å². The van der Waals surface area contributed by atoms with Gasteiger partial charge in [-0.2, -0.15) is 16.7 Å². The summed E-state index contributed by atoms with van der Waals surface area (Å²) >= 11 is 1.99. The SMILES string of the molecule is Cc1ccc(-c2noc(-c3cc(N4CCSCC4)nc4ccccc34)n2)cc1. The second-order valence-corrected chi connectivity index (χ2v) is 8.16. The molecule has 0 unspecified atom stereocenters. The maximum Gasteiger partial charge on any atom is 0.259 e. The number of para-hydroxylation sites is 1. The Labute approximate surface area is 167 Å². The van der Waals surface area contributed by atoms with Gasteiger partial charge in [-0.05, 0) is 19.1 Å². The molecule has 2 aromatic heterocycles. The second kappa shape index (κ2) is 7.28. The third-order valence-corrected chi connectivity index (χ3v) is 5.95. The number of aromatic nitrogens is 3. The van der Waals surface area contributed by atoms with Crippen LogP contribution in [0.15, 0.2) is 59.1 Å². The molecule has 5 rings (SSSR count). The van der Waals surface area contributed by atoms with Crippen LogP contribution in [0.4, 0.5) is 5.82 Å². The first-order valence-corrected chi connectivity index (χ1v) is 10.6. The maximum absolute atomic E-state index is 5.67. The molecule has 0 N–H and O–H groups in total. The first kappa shape index (κ1) is 17.3. The lowest BCUT2D eigenvalue weighted by Crippen LogP contribution is -2.33. The Balaban J connectivity index is 1.60. The Hall–Kier alpha value is -2.86. The Kier molecular flexibility index (Phi) is 4.49. The van der Waals surface area contributed by atoms with Gasteiger partial charge in [0.2, 0.25) is 5.82 Å². The smallest absolute Gasteiger partial charge is 0.259 e. The summed E-state index contributed by atoms with van der Waals surface area (Å²) in [5.41, 5.74) is 4.04. The summed E-state index contributed by atoms with van der Waals surface area (Å²) in [6, 6.07) is 18.4. The quantitative estimate of drug-likeness (QED) is 0.502. The molecule has 28 heavy (non-hydrogen) atoms. The van der Waals surface area contributed by atoms with Crippen molar-refractivity contribution in [3.8, 4) is 22.8 Å². The van der Waals surface area contributed by atoms with Gasteiger partial charge in [0.25, 0.3) is 5.89 Å². The molecule has 0 bridgehead atoms. The van der Waals surface area contributed by atoms with Crippen molar-refractivity contribution in [2.24, 2.45) is 0 Å². The molecule has 2 aromatic carbocycles. The van der Waals surface area contributed by atoms with Gasteiger partial charge in [0.15, 0.2) is 0 Å². The Morgan fingerprint density at radius 3 is 2.57 bits per heavy atom. The Morgan fingerprint density at radius 2 is 1.75 bits per heavy atom. The van der Waals surface area contributed by atoms with E-state index in [1.807, 2.05) is 42.1 Å². The summed E-state index contributed by atoms with van der Waals surface area (Å²) in [5, 5.41) is 5.24.